The summed E-state index contributed by atoms with van der Waals surface area (Å²) in [7, 11) is 0. The molecule has 0 aromatic heterocycles. The first kappa shape index (κ1) is 17.6. The normalized spacial score (nSPS) is 15.5. The Morgan fingerprint density at radius 3 is 2.36 bits per heavy atom. The molecule has 6 heteroatoms. The van der Waals surface area contributed by atoms with Crippen LogP contribution in [-0.2, 0) is 4.79 Å². The molecule has 0 aliphatic carbocycles. The minimum absolute atomic E-state index is 0.0698. The van der Waals surface area contributed by atoms with E-state index in [4.69, 9.17) is 10.5 Å². The fourth-order valence-electron chi connectivity index (χ4n) is 3.24. The molecule has 0 fully saturated rings. The molecule has 3 aromatic rings. The van der Waals surface area contributed by atoms with Gasteiger partial charge in [0.15, 0.2) is 6.61 Å². The summed E-state index contributed by atoms with van der Waals surface area (Å²) in [6.45, 7) is -0.178. The van der Waals surface area contributed by atoms with Gasteiger partial charge in [-0.2, -0.15) is 0 Å². The number of nitrogens with zero attached hydrogens (tertiary/aromatic N) is 1. The van der Waals surface area contributed by atoms with E-state index in [2.05, 4.69) is 5.32 Å². The Kier molecular flexibility index (Phi) is 4.68. The van der Waals surface area contributed by atoms with Crippen molar-refractivity contribution in [3.8, 4) is 5.75 Å². The number of carbonyl (C=O) groups is 2. The lowest BCUT2D eigenvalue weighted by Gasteiger charge is -2.38. The van der Waals surface area contributed by atoms with Crippen molar-refractivity contribution in [2.75, 3.05) is 16.8 Å². The molecule has 6 nitrogen and oxygen atoms in total. The molecular formula is C22H19N3O3. The van der Waals surface area contributed by atoms with Crippen LogP contribution in [0.3, 0.4) is 0 Å². The zero-order valence-corrected chi connectivity index (χ0v) is 15.0. The minimum Gasteiger partial charge on any atom is -0.484 e. The molecule has 1 aliphatic heterocycles. The Balaban J connectivity index is 1.71. The van der Waals surface area contributed by atoms with Crippen molar-refractivity contribution in [2.45, 2.75) is 6.17 Å². The van der Waals surface area contributed by atoms with Gasteiger partial charge in [0, 0.05) is 11.4 Å². The van der Waals surface area contributed by atoms with E-state index in [9.17, 15) is 9.59 Å². The molecule has 0 spiro atoms. The molecule has 28 heavy (non-hydrogen) atoms. The average molecular weight is 373 g/mol. The number of fused-ring (bicyclic) bond motifs is 1. The van der Waals surface area contributed by atoms with Crippen molar-refractivity contribution < 1.29 is 14.3 Å². The predicted octanol–water partition coefficient (Wildman–Crippen LogP) is 3.32. The lowest BCUT2D eigenvalue weighted by Crippen LogP contribution is -2.43. The van der Waals surface area contributed by atoms with Crippen LogP contribution in [0.15, 0.2) is 78.9 Å². The number of amides is 2. The molecule has 0 saturated heterocycles. The van der Waals surface area contributed by atoms with E-state index in [0.717, 1.165) is 16.9 Å². The average Bonchev–Trinajstić information content (AvgIpc) is 2.73. The number of primary amides is 1. The maximum absolute atomic E-state index is 13.3. The molecule has 3 aromatic carbocycles. The highest BCUT2D eigenvalue weighted by molar-refractivity contribution is 6.12. The summed E-state index contributed by atoms with van der Waals surface area (Å²) in [6, 6.07) is 24.3. The number of nitrogens with one attached hydrogen (secondary N) is 1. The van der Waals surface area contributed by atoms with Crippen molar-refractivity contribution in [1.29, 1.82) is 0 Å². The molecule has 0 saturated carbocycles. The Hall–Kier alpha value is -3.80. The molecule has 1 atom stereocenters. The highest BCUT2D eigenvalue weighted by Gasteiger charge is 2.33. The fourth-order valence-corrected chi connectivity index (χ4v) is 3.24. The molecule has 4 rings (SSSR count). The van der Waals surface area contributed by atoms with Crippen molar-refractivity contribution in [2.24, 2.45) is 5.73 Å². The molecule has 140 valence electrons. The summed E-state index contributed by atoms with van der Waals surface area (Å²) in [4.78, 5) is 25.9. The maximum Gasteiger partial charge on any atom is 0.262 e. The smallest absolute Gasteiger partial charge is 0.262 e. The number of hydrogen-bond donors (Lipinski definition) is 2. The largest absolute Gasteiger partial charge is 0.484 e. The van der Waals surface area contributed by atoms with E-state index in [1.54, 1.807) is 17.0 Å². The second-order valence-electron chi connectivity index (χ2n) is 6.43. The summed E-state index contributed by atoms with van der Waals surface area (Å²) in [5.74, 6) is -0.0635. The van der Waals surface area contributed by atoms with E-state index < -0.39 is 5.91 Å². The number of anilines is 2. The standard InChI is InChI=1S/C22H19N3O3/c23-20(26)14-28-17-12-10-15(11-13-17)21-24-19-9-5-4-8-18(19)22(27)25(21)16-6-2-1-3-7-16/h1-13,21,24H,14H2,(H2,23,26)/t21-/m0/s1. The van der Waals surface area contributed by atoms with Gasteiger partial charge in [0.25, 0.3) is 11.8 Å². The van der Waals surface area contributed by atoms with Gasteiger partial charge in [-0.25, -0.2) is 0 Å². The number of benzene rings is 3. The van der Waals surface area contributed by atoms with Crippen molar-refractivity contribution in [3.05, 3.63) is 90.0 Å². The second-order valence-corrected chi connectivity index (χ2v) is 6.43. The van der Waals surface area contributed by atoms with Gasteiger partial charge in [0.05, 0.1) is 5.56 Å². The van der Waals surface area contributed by atoms with E-state index in [1.165, 1.54) is 0 Å². The summed E-state index contributed by atoms with van der Waals surface area (Å²) in [5.41, 5.74) is 8.22. The fraction of sp³-hybridized carbons (Fsp3) is 0.0909. The third-order valence-corrected chi connectivity index (χ3v) is 4.54. The molecular weight excluding hydrogens is 354 g/mol. The molecule has 3 N–H and O–H groups in total. The Bertz CT molecular complexity index is 1000. The zero-order chi connectivity index (χ0) is 19.5. The number of carbonyl (C=O) groups excluding carboxylic acids is 2. The Morgan fingerprint density at radius 2 is 1.64 bits per heavy atom. The van der Waals surface area contributed by atoms with Gasteiger partial charge < -0.3 is 15.8 Å². The monoisotopic (exact) mass is 373 g/mol. The topological polar surface area (TPSA) is 84.7 Å². The van der Waals surface area contributed by atoms with Crippen LogP contribution in [0.5, 0.6) is 5.75 Å². The minimum atomic E-state index is -0.532. The highest BCUT2D eigenvalue weighted by atomic mass is 16.5. The second kappa shape index (κ2) is 7.44. The maximum atomic E-state index is 13.3. The third kappa shape index (κ3) is 3.40. The first-order valence-corrected chi connectivity index (χ1v) is 8.89. The van der Waals surface area contributed by atoms with Gasteiger partial charge in [-0.05, 0) is 42.0 Å². The van der Waals surface area contributed by atoms with Gasteiger partial charge >= 0.3 is 0 Å². The SMILES string of the molecule is NC(=O)COc1ccc([C@H]2Nc3ccccc3C(=O)N2c2ccccc2)cc1. The van der Waals surface area contributed by atoms with Crippen LogP contribution in [0.4, 0.5) is 11.4 Å². The van der Waals surface area contributed by atoms with Crippen LogP contribution in [0.25, 0.3) is 0 Å². The third-order valence-electron chi connectivity index (χ3n) is 4.54. The van der Waals surface area contributed by atoms with E-state index in [0.29, 0.717) is 11.3 Å². The van der Waals surface area contributed by atoms with E-state index in [-0.39, 0.29) is 18.7 Å². The van der Waals surface area contributed by atoms with E-state index in [1.807, 2.05) is 66.7 Å². The summed E-state index contributed by atoms with van der Waals surface area (Å²) in [6.07, 6.45) is -0.380. The van der Waals surface area contributed by atoms with Crippen LogP contribution < -0.4 is 20.7 Å². The number of para-hydroxylation sites is 2. The van der Waals surface area contributed by atoms with Crippen LogP contribution in [0.2, 0.25) is 0 Å². The first-order valence-electron chi connectivity index (χ1n) is 8.89. The number of ether oxygens (including phenoxy) is 1. The predicted molar refractivity (Wildman–Crippen MR) is 107 cm³/mol. The summed E-state index contributed by atoms with van der Waals surface area (Å²) in [5, 5.41) is 3.45. The molecule has 0 unspecified atom stereocenters. The molecule has 1 heterocycles. The Morgan fingerprint density at radius 1 is 0.964 bits per heavy atom. The number of rotatable bonds is 5. The lowest BCUT2D eigenvalue weighted by molar-refractivity contribution is -0.119. The Labute approximate surface area is 162 Å². The van der Waals surface area contributed by atoms with Gasteiger partial charge in [-0.3, -0.25) is 14.5 Å². The van der Waals surface area contributed by atoms with Gasteiger partial charge in [0.2, 0.25) is 0 Å². The van der Waals surface area contributed by atoms with Crippen LogP contribution >= 0.6 is 0 Å². The summed E-state index contributed by atoms with van der Waals surface area (Å²) >= 11 is 0. The van der Waals surface area contributed by atoms with Gasteiger partial charge in [0.1, 0.15) is 11.9 Å². The van der Waals surface area contributed by atoms with Crippen molar-refractivity contribution in [3.63, 3.8) is 0 Å². The van der Waals surface area contributed by atoms with Crippen LogP contribution in [-0.4, -0.2) is 18.4 Å². The van der Waals surface area contributed by atoms with Crippen LogP contribution in [0, 0.1) is 0 Å². The van der Waals surface area contributed by atoms with Gasteiger partial charge in [-0.1, -0.05) is 42.5 Å². The number of nitrogens with two attached hydrogens (primary N) is 1. The molecule has 0 bridgehead atoms. The highest BCUT2D eigenvalue weighted by Crippen LogP contribution is 2.36. The van der Waals surface area contributed by atoms with Crippen molar-refractivity contribution in [1.82, 2.24) is 0 Å². The van der Waals surface area contributed by atoms with E-state index >= 15 is 0 Å². The summed E-state index contributed by atoms with van der Waals surface area (Å²) < 4.78 is 5.32. The lowest BCUT2D eigenvalue weighted by atomic mass is 10.0. The zero-order valence-electron chi connectivity index (χ0n) is 15.0. The van der Waals surface area contributed by atoms with Gasteiger partial charge in [-0.15, -0.1) is 0 Å². The van der Waals surface area contributed by atoms with Crippen LogP contribution in [0.1, 0.15) is 22.1 Å². The molecule has 2 amide bonds. The molecule has 1 aliphatic rings. The number of hydrogen-bond acceptors (Lipinski definition) is 4. The molecule has 0 radical (unpaired) electrons. The first-order chi connectivity index (χ1) is 13.6. The van der Waals surface area contributed by atoms with Crippen molar-refractivity contribution >= 4 is 23.2 Å². The quantitative estimate of drug-likeness (QED) is 0.718.